The predicted molar refractivity (Wildman–Crippen MR) is 103 cm³/mol. The first kappa shape index (κ1) is 18.9. The predicted octanol–water partition coefficient (Wildman–Crippen LogP) is 2.01. The van der Waals surface area contributed by atoms with Crippen molar-refractivity contribution in [2.45, 2.75) is 32.2 Å². The lowest BCUT2D eigenvalue weighted by Crippen LogP contribution is -2.58. The summed E-state index contributed by atoms with van der Waals surface area (Å²) in [6.45, 7) is 2.93. The summed E-state index contributed by atoms with van der Waals surface area (Å²) in [6.07, 6.45) is 3.83. The molecule has 1 atom stereocenters. The zero-order chi connectivity index (χ0) is 19.6. The Balaban J connectivity index is 1.99. The van der Waals surface area contributed by atoms with E-state index in [-0.39, 0.29) is 16.9 Å². The summed E-state index contributed by atoms with van der Waals surface area (Å²) in [4.78, 5) is 44.9. The number of carbonyl (C=O) groups excluding carboxylic acids is 2. The number of pyridine rings is 1. The molecule has 0 bridgehead atoms. The number of piperazine rings is 1. The number of likely N-dealkylation sites (N-methyl/N-ethyl adjacent to an activating group) is 1. The molecule has 2 amide bonds. The van der Waals surface area contributed by atoms with E-state index in [1.54, 1.807) is 35.0 Å². The minimum atomic E-state index is -0.517. The lowest BCUT2D eigenvalue weighted by molar-refractivity contribution is -0.138. The number of H-pyrrole nitrogens is 1. The molecule has 0 unspecified atom stereocenters. The smallest absolute Gasteiger partial charge is 0.260 e. The average molecular weight is 371 g/mol. The Bertz CT molecular complexity index is 921. The maximum atomic E-state index is 13.1. The zero-order valence-electron chi connectivity index (χ0n) is 15.9. The number of nitrogens with zero attached hydrogens (tertiary/aromatic N) is 2. The number of hydrogen-bond acceptors (Lipinski definition) is 4. The number of hydrogen-bond donors (Lipinski definition) is 1. The van der Waals surface area contributed by atoms with Crippen molar-refractivity contribution in [3.8, 4) is 5.75 Å². The first-order chi connectivity index (χ1) is 13.0. The quantitative estimate of drug-likeness (QED) is 0.872. The van der Waals surface area contributed by atoms with Crippen LogP contribution in [0.2, 0.25) is 0 Å². The van der Waals surface area contributed by atoms with E-state index in [0.717, 1.165) is 12.8 Å². The van der Waals surface area contributed by atoms with Gasteiger partial charge in [0.05, 0.1) is 7.11 Å². The standard InChI is InChI=1S/C20H25N3O4/c1-4-5-6-17-20(26)22(2)9-10-23(17)19(25)15-12-21-16-8-7-13(27-3)11-14(16)18(15)24/h7-8,11-12,17H,4-6,9-10H2,1-3H3,(H,21,24)/t17-/m1/s1. The van der Waals surface area contributed by atoms with Crippen LogP contribution in [0.3, 0.4) is 0 Å². The SMILES string of the molecule is CCCC[C@@H]1C(=O)N(C)CCN1C(=O)c1c[nH]c2ccc(OC)cc2c1=O. The molecule has 0 radical (unpaired) electrons. The van der Waals surface area contributed by atoms with Gasteiger partial charge in [0.15, 0.2) is 0 Å². The third-order valence-electron chi connectivity index (χ3n) is 5.12. The van der Waals surface area contributed by atoms with Crippen LogP contribution in [0.1, 0.15) is 36.5 Å². The second-order valence-electron chi connectivity index (χ2n) is 6.86. The van der Waals surface area contributed by atoms with E-state index in [0.29, 0.717) is 36.2 Å². The Morgan fingerprint density at radius 3 is 2.78 bits per heavy atom. The monoisotopic (exact) mass is 371 g/mol. The van der Waals surface area contributed by atoms with Gasteiger partial charge in [-0.3, -0.25) is 14.4 Å². The number of rotatable bonds is 5. The fourth-order valence-electron chi connectivity index (χ4n) is 3.47. The minimum absolute atomic E-state index is 0.0506. The molecule has 0 aliphatic carbocycles. The second-order valence-corrected chi connectivity index (χ2v) is 6.86. The molecule has 2 heterocycles. The van der Waals surface area contributed by atoms with Crippen LogP contribution in [0.5, 0.6) is 5.75 Å². The van der Waals surface area contributed by atoms with Crippen molar-refractivity contribution in [3.63, 3.8) is 0 Å². The maximum absolute atomic E-state index is 13.1. The van der Waals surface area contributed by atoms with E-state index in [2.05, 4.69) is 4.98 Å². The fraction of sp³-hybridized carbons (Fsp3) is 0.450. The van der Waals surface area contributed by atoms with Crippen LogP contribution < -0.4 is 10.2 Å². The van der Waals surface area contributed by atoms with Gasteiger partial charge in [-0.15, -0.1) is 0 Å². The molecular formula is C20H25N3O4. The minimum Gasteiger partial charge on any atom is -0.497 e. The molecule has 27 heavy (non-hydrogen) atoms. The van der Waals surface area contributed by atoms with E-state index < -0.39 is 11.9 Å². The zero-order valence-corrected chi connectivity index (χ0v) is 15.9. The van der Waals surface area contributed by atoms with Crippen LogP contribution in [0, 0.1) is 0 Å². The van der Waals surface area contributed by atoms with Crippen molar-refractivity contribution in [3.05, 3.63) is 40.2 Å². The Labute approximate surface area is 157 Å². The summed E-state index contributed by atoms with van der Waals surface area (Å²) in [6, 6.07) is 4.60. The molecule has 7 heteroatoms. The molecular weight excluding hydrogens is 346 g/mol. The molecule has 2 aromatic rings. The van der Waals surface area contributed by atoms with Crippen molar-refractivity contribution in [2.75, 3.05) is 27.2 Å². The number of aromatic amines is 1. The molecule has 0 saturated carbocycles. The van der Waals surface area contributed by atoms with Crippen LogP contribution in [0.25, 0.3) is 10.9 Å². The Kier molecular flexibility index (Phi) is 5.48. The number of benzene rings is 1. The van der Waals surface area contributed by atoms with Gasteiger partial charge in [-0.05, 0) is 24.6 Å². The summed E-state index contributed by atoms with van der Waals surface area (Å²) in [5.74, 6) is 0.0821. The third kappa shape index (κ3) is 3.54. The molecule has 1 N–H and O–H groups in total. The van der Waals surface area contributed by atoms with Crippen molar-refractivity contribution < 1.29 is 14.3 Å². The largest absolute Gasteiger partial charge is 0.497 e. The van der Waals surface area contributed by atoms with Gasteiger partial charge < -0.3 is 19.5 Å². The van der Waals surface area contributed by atoms with E-state index >= 15 is 0 Å². The summed E-state index contributed by atoms with van der Waals surface area (Å²) in [5.41, 5.74) is 0.331. The van der Waals surface area contributed by atoms with E-state index in [9.17, 15) is 14.4 Å². The van der Waals surface area contributed by atoms with Gasteiger partial charge in [0.1, 0.15) is 17.4 Å². The summed E-state index contributed by atoms with van der Waals surface area (Å²) in [5, 5.41) is 0.394. The number of unbranched alkanes of at least 4 members (excludes halogenated alkanes) is 1. The van der Waals surface area contributed by atoms with E-state index in [1.807, 2.05) is 6.92 Å². The number of methoxy groups -OCH3 is 1. The van der Waals surface area contributed by atoms with Gasteiger partial charge in [-0.25, -0.2) is 0 Å². The van der Waals surface area contributed by atoms with Gasteiger partial charge in [0.2, 0.25) is 11.3 Å². The Hall–Kier alpha value is -2.83. The number of amides is 2. The van der Waals surface area contributed by atoms with Crippen molar-refractivity contribution in [1.29, 1.82) is 0 Å². The number of aromatic nitrogens is 1. The fourth-order valence-corrected chi connectivity index (χ4v) is 3.47. The Morgan fingerprint density at radius 2 is 2.07 bits per heavy atom. The highest BCUT2D eigenvalue weighted by Crippen LogP contribution is 2.20. The van der Waals surface area contributed by atoms with Gasteiger partial charge in [0, 0.05) is 37.2 Å². The molecule has 1 aliphatic rings. The highest BCUT2D eigenvalue weighted by molar-refractivity contribution is 6.00. The van der Waals surface area contributed by atoms with Crippen molar-refractivity contribution in [2.24, 2.45) is 0 Å². The first-order valence-electron chi connectivity index (χ1n) is 9.23. The molecule has 0 spiro atoms. The lowest BCUT2D eigenvalue weighted by Gasteiger charge is -2.39. The molecule has 3 rings (SSSR count). The van der Waals surface area contributed by atoms with Gasteiger partial charge in [0.25, 0.3) is 5.91 Å². The van der Waals surface area contributed by atoms with E-state index in [1.165, 1.54) is 13.3 Å². The average Bonchev–Trinajstić information content (AvgIpc) is 2.68. The first-order valence-corrected chi connectivity index (χ1v) is 9.23. The van der Waals surface area contributed by atoms with E-state index in [4.69, 9.17) is 4.74 Å². The van der Waals surface area contributed by atoms with Crippen LogP contribution >= 0.6 is 0 Å². The number of nitrogens with one attached hydrogen (secondary N) is 1. The number of carbonyl (C=O) groups is 2. The maximum Gasteiger partial charge on any atom is 0.260 e. The van der Waals surface area contributed by atoms with Gasteiger partial charge >= 0.3 is 0 Å². The molecule has 7 nitrogen and oxygen atoms in total. The third-order valence-corrected chi connectivity index (χ3v) is 5.12. The lowest BCUT2D eigenvalue weighted by atomic mass is 10.0. The molecule has 1 fully saturated rings. The normalized spacial score (nSPS) is 17.4. The number of fused-ring (bicyclic) bond motifs is 1. The molecule has 1 aromatic heterocycles. The molecule has 144 valence electrons. The number of ether oxygens (including phenoxy) is 1. The summed E-state index contributed by atoms with van der Waals surface area (Å²) in [7, 11) is 3.27. The topological polar surface area (TPSA) is 82.7 Å². The summed E-state index contributed by atoms with van der Waals surface area (Å²) >= 11 is 0. The van der Waals surface area contributed by atoms with Crippen molar-refractivity contribution >= 4 is 22.7 Å². The Morgan fingerprint density at radius 1 is 1.30 bits per heavy atom. The molecule has 1 aromatic carbocycles. The van der Waals surface area contributed by atoms with Gasteiger partial charge in [-0.1, -0.05) is 19.8 Å². The molecule has 1 aliphatic heterocycles. The summed E-state index contributed by atoms with van der Waals surface area (Å²) < 4.78 is 5.18. The van der Waals surface area contributed by atoms with Crippen LogP contribution in [0.4, 0.5) is 0 Å². The van der Waals surface area contributed by atoms with Gasteiger partial charge in [-0.2, -0.15) is 0 Å². The second kappa shape index (κ2) is 7.82. The van der Waals surface area contributed by atoms with Crippen molar-refractivity contribution in [1.82, 2.24) is 14.8 Å². The highest BCUT2D eigenvalue weighted by Gasteiger charge is 2.36. The van der Waals surface area contributed by atoms with Crippen LogP contribution in [-0.2, 0) is 4.79 Å². The van der Waals surface area contributed by atoms with Crippen LogP contribution in [-0.4, -0.2) is 59.9 Å². The highest BCUT2D eigenvalue weighted by atomic mass is 16.5. The van der Waals surface area contributed by atoms with Crippen LogP contribution in [0.15, 0.2) is 29.2 Å². The molecule has 1 saturated heterocycles.